The molecule has 230 valence electrons. The molecule has 7 atom stereocenters. The molecule has 6 nitrogen and oxygen atoms in total. The molecular weight excluding hydrogens is 655 g/mol. The highest BCUT2D eigenvalue weighted by atomic mass is 79.9. The zero-order valence-electron chi connectivity index (χ0n) is 24.4. The Morgan fingerprint density at radius 1 is 1.19 bits per heavy atom. The molecule has 4 bridgehead atoms. The smallest absolute Gasteiger partial charge is 0.264 e. The number of nitrogens with one attached hydrogen (secondary N) is 1. The quantitative estimate of drug-likeness (QED) is 0.244. The van der Waals surface area contributed by atoms with Crippen molar-refractivity contribution in [3.8, 4) is 5.75 Å². The van der Waals surface area contributed by atoms with Crippen LogP contribution in [0.15, 0.2) is 42.0 Å². The van der Waals surface area contributed by atoms with E-state index in [0.29, 0.717) is 42.7 Å². The van der Waals surface area contributed by atoms with Crippen LogP contribution in [0, 0.1) is 29.5 Å². The lowest BCUT2D eigenvalue weighted by Crippen LogP contribution is -2.50. The van der Waals surface area contributed by atoms with Gasteiger partial charge >= 0.3 is 0 Å². The first-order valence-electron chi connectivity index (χ1n) is 15.4. The van der Waals surface area contributed by atoms with Crippen molar-refractivity contribution in [2.45, 2.75) is 67.9 Å². The standard InChI is InChI=1S/C33H37BrClFN2O4S/c1-18-19(2)43(40,41)37-32(39)20-6-10-29-28(14-20)38(15-21-5-7-24(21)30(34)23-12-22(18)13-23)16-33(17-42-29)11-3-4-25-26(33)8-9-27(35)31(25)36/h6,8-10,12,14,18-19,21-22,24,30H,3-5,7,11,13,15-17H2,1-2H3,(H,37,39)/t18-,19-,21+,22+,24-,30?,33+/m1/s1. The molecule has 1 N–H and O–H groups in total. The predicted molar refractivity (Wildman–Crippen MR) is 170 cm³/mol. The number of hydrogen-bond acceptors (Lipinski definition) is 5. The predicted octanol–water partition coefficient (Wildman–Crippen LogP) is 6.79. The van der Waals surface area contributed by atoms with Crippen LogP contribution >= 0.6 is 27.5 Å². The summed E-state index contributed by atoms with van der Waals surface area (Å²) in [6, 6.07) is 8.78. The summed E-state index contributed by atoms with van der Waals surface area (Å²) in [5.74, 6) is 0.600. The van der Waals surface area contributed by atoms with Crippen LogP contribution in [0.3, 0.4) is 0 Å². The Morgan fingerprint density at radius 3 is 2.72 bits per heavy atom. The fourth-order valence-corrected chi connectivity index (χ4v) is 10.6. The Labute approximate surface area is 266 Å². The number of fused-ring (bicyclic) bond motifs is 6. The van der Waals surface area contributed by atoms with Gasteiger partial charge in [-0.25, -0.2) is 17.5 Å². The molecule has 0 radical (unpaired) electrons. The molecule has 10 heteroatoms. The number of sulfonamides is 1. The molecule has 2 aromatic rings. The number of rotatable bonds is 0. The molecule has 2 aromatic carbocycles. The Morgan fingerprint density at radius 2 is 1.98 bits per heavy atom. The van der Waals surface area contributed by atoms with Gasteiger partial charge in [0, 0.05) is 28.9 Å². The minimum atomic E-state index is -3.90. The third-order valence-electron chi connectivity index (χ3n) is 11.1. The number of hydrogen-bond donors (Lipinski definition) is 1. The van der Waals surface area contributed by atoms with Gasteiger partial charge in [0.2, 0.25) is 10.0 Å². The second-order valence-corrected chi connectivity index (χ2v) is 16.9. The molecule has 1 amide bonds. The molecule has 0 aromatic heterocycles. The number of carbonyl (C=O) groups is 1. The second kappa shape index (κ2) is 10.8. The second-order valence-electron chi connectivity index (χ2n) is 13.4. The van der Waals surface area contributed by atoms with Crippen LogP contribution in [-0.4, -0.2) is 44.1 Å². The Balaban J connectivity index is 1.32. The zero-order chi connectivity index (χ0) is 30.3. The largest absolute Gasteiger partial charge is 0.490 e. The van der Waals surface area contributed by atoms with E-state index in [0.717, 1.165) is 49.9 Å². The van der Waals surface area contributed by atoms with Gasteiger partial charge in [0.15, 0.2) is 0 Å². The zero-order valence-corrected chi connectivity index (χ0v) is 27.6. The van der Waals surface area contributed by atoms with E-state index in [1.165, 1.54) is 5.57 Å². The fourth-order valence-electron chi connectivity index (χ4n) is 8.02. The third kappa shape index (κ3) is 4.92. The van der Waals surface area contributed by atoms with Gasteiger partial charge in [-0.15, -0.1) is 0 Å². The third-order valence-corrected chi connectivity index (χ3v) is 14.5. The average Bonchev–Trinajstić information content (AvgIpc) is 3.08. The Bertz CT molecular complexity index is 1630. The molecule has 3 heterocycles. The van der Waals surface area contributed by atoms with Gasteiger partial charge in [-0.1, -0.05) is 52.2 Å². The molecule has 1 saturated carbocycles. The molecule has 43 heavy (non-hydrogen) atoms. The number of halogens is 3. The summed E-state index contributed by atoms with van der Waals surface area (Å²) in [5, 5.41) is -0.584. The number of anilines is 1. The molecule has 3 aliphatic heterocycles. The molecule has 1 unspecified atom stereocenters. The minimum Gasteiger partial charge on any atom is -0.490 e. The molecule has 6 aliphatic rings. The van der Waals surface area contributed by atoms with Gasteiger partial charge in [-0.3, -0.25) is 4.79 Å². The van der Waals surface area contributed by atoms with E-state index >= 15 is 4.39 Å². The van der Waals surface area contributed by atoms with E-state index in [2.05, 4.69) is 31.6 Å². The average molecular weight is 692 g/mol. The number of ether oxygens (including phenoxy) is 1. The van der Waals surface area contributed by atoms with Crippen LogP contribution in [0.25, 0.3) is 0 Å². The topological polar surface area (TPSA) is 75.7 Å². The maximum absolute atomic E-state index is 15.3. The maximum atomic E-state index is 15.3. The van der Waals surface area contributed by atoms with Crippen molar-refractivity contribution in [3.63, 3.8) is 0 Å². The van der Waals surface area contributed by atoms with Gasteiger partial charge in [0.25, 0.3) is 5.91 Å². The number of allylic oxidation sites excluding steroid dienone is 2. The molecule has 8 rings (SSSR count). The van der Waals surface area contributed by atoms with Crippen molar-refractivity contribution < 1.29 is 22.3 Å². The van der Waals surface area contributed by atoms with Gasteiger partial charge in [0.1, 0.15) is 11.6 Å². The van der Waals surface area contributed by atoms with Crippen molar-refractivity contribution >= 4 is 49.1 Å². The van der Waals surface area contributed by atoms with Crippen molar-refractivity contribution in [2.75, 3.05) is 24.6 Å². The van der Waals surface area contributed by atoms with Crippen molar-refractivity contribution in [1.82, 2.24) is 4.72 Å². The SMILES string of the molecule is C[C@@H]1[C@@H](C)S(=O)(=O)NC(=O)c2ccc3c(c2)N(C[C@@H]2CC[C@H]2C(Br)C2=C[C@H]1C2)C[C@@]1(CCCc2c1ccc(Cl)c2F)CO3. The van der Waals surface area contributed by atoms with Crippen LogP contribution in [0.2, 0.25) is 5.02 Å². The van der Waals surface area contributed by atoms with E-state index in [-0.39, 0.29) is 33.1 Å². The highest BCUT2D eigenvalue weighted by Gasteiger charge is 2.46. The lowest BCUT2D eigenvalue weighted by Gasteiger charge is -2.47. The maximum Gasteiger partial charge on any atom is 0.264 e. The van der Waals surface area contributed by atoms with Crippen molar-refractivity contribution in [3.05, 3.63) is 69.5 Å². The molecule has 1 spiro atoms. The first-order valence-corrected chi connectivity index (χ1v) is 18.2. The first-order chi connectivity index (χ1) is 20.5. The van der Waals surface area contributed by atoms with Crippen LogP contribution < -0.4 is 14.4 Å². The summed E-state index contributed by atoms with van der Waals surface area (Å²) in [4.78, 5) is 16.0. The number of alkyl halides is 1. The normalized spacial score (nSPS) is 34.8. The Hall–Kier alpha value is -2.10. The molecule has 3 aliphatic carbocycles. The summed E-state index contributed by atoms with van der Waals surface area (Å²) >= 11 is 10.2. The number of nitrogens with zero attached hydrogens (tertiary/aromatic N) is 1. The van der Waals surface area contributed by atoms with Gasteiger partial charge in [0.05, 0.1) is 22.6 Å². The van der Waals surface area contributed by atoms with Crippen LogP contribution in [-0.2, 0) is 21.9 Å². The van der Waals surface area contributed by atoms with E-state index in [9.17, 15) is 13.2 Å². The molecular formula is C33H37BrClFN2O4S. The monoisotopic (exact) mass is 690 g/mol. The van der Waals surface area contributed by atoms with Crippen LogP contribution in [0.1, 0.15) is 67.4 Å². The summed E-state index contributed by atoms with van der Waals surface area (Å²) in [6.07, 6.45) is 7.64. The van der Waals surface area contributed by atoms with Gasteiger partial charge in [-0.2, -0.15) is 0 Å². The van der Waals surface area contributed by atoms with Gasteiger partial charge in [-0.05, 0) is 105 Å². The summed E-state index contributed by atoms with van der Waals surface area (Å²) in [6.45, 7) is 5.40. The lowest BCUT2D eigenvalue weighted by atomic mass is 9.66. The van der Waals surface area contributed by atoms with E-state index < -0.39 is 26.6 Å². The van der Waals surface area contributed by atoms with Crippen molar-refractivity contribution in [1.29, 1.82) is 0 Å². The lowest BCUT2D eigenvalue weighted by molar-refractivity contribution is 0.0980. The number of carbonyl (C=O) groups excluding carboxylic acids is 1. The minimum absolute atomic E-state index is 0.121. The summed E-state index contributed by atoms with van der Waals surface area (Å²) in [7, 11) is -3.90. The summed E-state index contributed by atoms with van der Waals surface area (Å²) in [5.41, 5.74) is 3.56. The number of benzene rings is 2. The fraction of sp³-hybridized carbons (Fsp3) is 0.545. The van der Waals surface area contributed by atoms with Crippen LogP contribution in [0.4, 0.5) is 10.1 Å². The van der Waals surface area contributed by atoms with E-state index in [4.69, 9.17) is 16.3 Å². The number of amides is 1. The van der Waals surface area contributed by atoms with E-state index in [1.807, 2.05) is 13.0 Å². The summed E-state index contributed by atoms with van der Waals surface area (Å²) < 4.78 is 50.8. The highest BCUT2D eigenvalue weighted by Crippen LogP contribution is 2.50. The molecule has 1 fully saturated rings. The first kappa shape index (κ1) is 29.6. The van der Waals surface area contributed by atoms with Crippen LogP contribution in [0.5, 0.6) is 5.75 Å². The van der Waals surface area contributed by atoms with Gasteiger partial charge < -0.3 is 9.64 Å². The van der Waals surface area contributed by atoms with E-state index in [1.54, 1.807) is 31.2 Å². The van der Waals surface area contributed by atoms with Crippen molar-refractivity contribution in [2.24, 2.45) is 23.7 Å². The Kier molecular flexibility index (Phi) is 7.41. The molecule has 0 saturated heterocycles. The highest BCUT2D eigenvalue weighted by molar-refractivity contribution is 9.09.